The summed E-state index contributed by atoms with van der Waals surface area (Å²) in [6.45, 7) is 0. The van der Waals surface area contributed by atoms with Gasteiger partial charge in [-0.05, 0) is 31.1 Å². The van der Waals surface area contributed by atoms with Crippen LogP contribution in [-0.4, -0.2) is 11.0 Å². The zero-order valence-electron chi connectivity index (χ0n) is 7.48. The SMILES string of the molecule is O=[N+]([O-])C1CC2C=CC1(C1CC1)C2. The molecule has 3 unspecified atom stereocenters. The van der Waals surface area contributed by atoms with E-state index in [1.54, 1.807) is 0 Å². The standard InChI is InChI=1S/C10H13NO2/c12-11(13)9-5-7-3-4-10(9,6-7)8-1-2-8/h3-4,7-9H,1-2,5-6H2. The monoisotopic (exact) mass is 179 g/mol. The van der Waals surface area contributed by atoms with Crippen LogP contribution in [0.15, 0.2) is 12.2 Å². The first-order valence-corrected chi connectivity index (χ1v) is 5.05. The lowest BCUT2D eigenvalue weighted by molar-refractivity contribution is -0.537. The van der Waals surface area contributed by atoms with Crippen molar-refractivity contribution in [1.29, 1.82) is 0 Å². The Bertz CT molecular complexity index is 295. The molecule has 0 amide bonds. The fourth-order valence-electron chi connectivity index (χ4n) is 3.30. The zero-order chi connectivity index (χ0) is 9.05. The number of nitro groups is 1. The van der Waals surface area contributed by atoms with Gasteiger partial charge in [0, 0.05) is 11.3 Å². The van der Waals surface area contributed by atoms with Crippen molar-refractivity contribution in [3.63, 3.8) is 0 Å². The van der Waals surface area contributed by atoms with Crippen molar-refractivity contribution < 1.29 is 4.92 Å². The zero-order valence-corrected chi connectivity index (χ0v) is 7.48. The average molecular weight is 179 g/mol. The molecule has 0 saturated heterocycles. The van der Waals surface area contributed by atoms with E-state index < -0.39 is 0 Å². The van der Waals surface area contributed by atoms with Crippen LogP contribution in [0.5, 0.6) is 0 Å². The molecular formula is C10H13NO2. The summed E-state index contributed by atoms with van der Waals surface area (Å²) in [5.74, 6) is 1.14. The number of fused-ring (bicyclic) bond motifs is 2. The van der Waals surface area contributed by atoms with Gasteiger partial charge in [0.15, 0.2) is 0 Å². The Morgan fingerprint density at radius 3 is 2.77 bits per heavy atom. The molecule has 3 aliphatic rings. The van der Waals surface area contributed by atoms with Crippen molar-refractivity contribution in [1.82, 2.24) is 0 Å². The van der Waals surface area contributed by atoms with Gasteiger partial charge in [-0.2, -0.15) is 0 Å². The molecule has 13 heavy (non-hydrogen) atoms. The third-order valence-electron chi connectivity index (χ3n) is 4.03. The average Bonchev–Trinajstić information content (AvgIpc) is 2.80. The summed E-state index contributed by atoms with van der Waals surface area (Å²) in [6, 6.07) is -0.269. The summed E-state index contributed by atoms with van der Waals surface area (Å²) in [4.78, 5) is 10.9. The molecule has 3 heteroatoms. The largest absolute Gasteiger partial charge is 0.264 e. The summed E-state index contributed by atoms with van der Waals surface area (Å²) in [7, 11) is 0. The van der Waals surface area contributed by atoms with Crippen LogP contribution in [0.2, 0.25) is 0 Å². The predicted molar refractivity (Wildman–Crippen MR) is 47.8 cm³/mol. The Morgan fingerprint density at radius 2 is 2.23 bits per heavy atom. The molecule has 0 aliphatic heterocycles. The van der Waals surface area contributed by atoms with Crippen LogP contribution < -0.4 is 0 Å². The summed E-state index contributed by atoms with van der Waals surface area (Å²) in [5, 5.41) is 10.9. The number of allylic oxidation sites excluding steroid dienone is 1. The van der Waals surface area contributed by atoms with E-state index in [-0.39, 0.29) is 16.4 Å². The third kappa shape index (κ3) is 0.847. The highest BCUT2D eigenvalue weighted by Gasteiger charge is 2.61. The van der Waals surface area contributed by atoms with Crippen molar-refractivity contribution in [2.75, 3.05) is 0 Å². The second kappa shape index (κ2) is 2.14. The Hall–Kier alpha value is -0.860. The minimum Gasteiger partial charge on any atom is -0.264 e. The Kier molecular flexibility index (Phi) is 1.24. The Balaban J connectivity index is 1.98. The minimum atomic E-state index is -0.269. The topological polar surface area (TPSA) is 43.1 Å². The molecule has 2 fully saturated rings. The fourth-order valence-corrected chi connectivity index (χ4v) is 3.30. The molecule has 0 aromatic rings. The van der Waals surface area contributed by atoms with Gasteiger partial charge in [0.25, 0.3) is 0 Å². The highest BCUT2D eigenvalue weighted by molar-refractivity contribution is 5.23. The normalized spacial score (nSPS) is 47.1. The van der Waals surface area contributed by atoms with Crippen LogP contribution in [0, 0.1) is 27.4 Å². The second-order valence-corrected chi connectivity index (χ2v) is 4.75. The maximum absolute atomic E-state index is 10.9. The van der Waals surface area contributed by atoms with Crippen LogP contribution >= 0.6 is 0 Å². The summed E-state index contributed by atoms with van der Waals surface area (Å²) >= 11 is 0. The van der Waals surface area contributed by atoms with Crippen molar-refractivity contribution in [2.24, 2.45) is 17.3 Å². The first-order chi connectivity index (χ1) is 6.22. The van der Waals surface area contributed by atoms with E-state index in [4.69, 9.17) is 0 Å². The van der Waals surface area contributed by atoms with E-state index in [0.29, 0.717) is 11.8 Å². The molecule has 2 saturated carbocycles. The maximum Gasteiger partial charge on any atom is 0.222 e. The van der Waals surface area contributed by atoms with E-state index in [0.717, 1.165) is 12.8 Å². The first kappa shape index (κ1) is 7.54. The van der Waals surface area contributed by atoms with Gasteiger partial charge in [0.2, 0.25) is 6.04 Å². The molecule has 0 aromatic carbocycles. The first-order valence-electron chi connectivity index (χ1n) is 5.05. The van der Waals surface area contributed by atoms with Gasteiger partial charge in [0.05, 0.1) is 5.41 Å². The highest BCUT2D eigenvalue weighted by atomic mass is 16.6. The summed E-state index contributed by atoms with van der Waals surface area (Å²) < 4.78 is 0. The molecule has 0 radical (unpaired) electrons. The van der Waals surface area contributed by atoms with E-state index >= 15 is 0 Å². The van der Waals surface area contributed by atoms with Gasteiger partial charge in [-0.3, -0.25) is 10.1 Å². The molecule has 0 heterocycles. The van der Waals surface area contributed by atoms with Crippen LogP contribution in [0.3, 0.4) is 0 Å². The molecule has 3 atom stereocenters. The smallest absolute Gasteiger partial charge is 0.222 e. The van der Waals surface area contributed by atoms with E-state index in [1.165, 1.54) is 12.8 Å². The number of hydrogen-bond acceptors (Lipinski definition) is 2. The number of nitrogens with zero attached hydrogens (tertiary/aromatic N) is 1. The van der Waals surface area contributed by atoms with Crippen molar-refractivity contribution in [2.45, 2.75) is 31.7 Å². The van der Waals surface area contributed by atoms with E-state index in [1.807, 2.05) is 0 Å². The van der Waals surface area contributed by atoms with E-state index in [2.05, 4.69) is 12.2 Å². The minimum absolute atomic E-state index is 0.0197. The van der Waals surface area contributed by atoms with Gasteiger partial charge < -0.3 is 0 Å². The van der Waals surface area contributed by atoms with Crippen LogP contribution in [0.25, 0.3) is 0 Å². The highest BCUT2D eigenvalue weighted by Crippen LogP contribution is 2.61. The molecule has 3 aliphatic carbocycles. The lowest BCUT2D eigenvalue weighted by atomic mass is 9.79. The maximum atomic E-state index is 10.9. The van der Waals surface area contributed by atoms with Crippen LogP contribution in [0.1, 0.15) is 25.7 Å². The van der Waals surface area contributed by atoms with Crippen molar-refractivity contribution >= 4 is 0 Å². The molecule has 70 valence electrons. The number of rotatable bonds is 2. The van der Waals surface area contributed by atoms with Crippen LogP contribution in [0.4, 0.5) is 0 Å². The summed E-state index contributed by atoms with van der Waals surface area (Å²) in [6.07, 6.45) is 8.64. The summed E-state index contributed by atoms with van der Waals surface area (Å²) in [5.41, 5.74) is -0.0197. The van der Waals surface area contributed by atoms with Gasteiger partial charge in [-0.15, -0.1) is 0 Å². The predicted octanol–water partition coefficient (Wildman–Crippen LogP) is 2.01. The lowest BCUT2D eigenvalue weighted by Gasteiger charge is -2.25. The van der Waals surface area contributed by atoms with Crippen molar-refractivity contribution in [3.05, 3.63) is 22.3 Å². The second-order valence-electron chi connectivity index (χ2n) is 4.75. The molecule has 3 rings (SSSR count). The van der Waals surface area contributed by atoms with E-state index in [9.17, 15) is 10.1 Å². The Labute approximate surface area is 77.0 Å². The fraction of sp³-hybridized carbons (Fsp3) is 0.800. The molecule has 2 bridgehead atoms. The van der Waals surface area contributed by atoms with Gasteiger partial charge in [-0.1, -0.05) is 12.2 Å². The number of hydrogen-bond donors (Lipinski definition) is 0. The lowest BCUT2D eigenvalue weighted by Crippen LogP contribution is -2.36. The quantitative estimate of drug-likeness (QED) is 0.369. The molecule has 3 nitrogen and oxygen atoms in total. The van der Waals surface area contributed by atoms with Gasteiger partial charge in [0.1, 0.15) is 0 Å². The molecular weight excluding hydrogens is 166 g/mol. The molecule has 0 N–H and O–H groups in total. The molecule has 0 spiro atoms. The van der Waals surface area contributed by atoms with Crippen LogP contribution in [-0.2, 0) is 0 Å². The van der Waals surface area contributed by atoms with Gasteiger partial charge in [-0.25, -0.2) is 0 Å². The van der Waals surface area contributed by atoms with Gasteiger partial charge >= 0.3 is 0 Å². The third-order valence-corrected chi connectivity index (χ3v) is 4.03. The van der Waals surface area contributed by atoms with Crippen molar-refractivity contribution in [3.8, 4) is 0 Å². The Morgan fingerprint density at radius 1 is 1.46 bits per heavy atom. The molecule has 0 aromatic heterocycles.